The summed E-state index contributed by atoms with van der Waals surface area (Å²) in [6.07, 6.45) is -2.95. The van der Waals surface area contributed by atoms with Crippen LogP contribution in [0.5, 0.6) is 5.75 Å². The molecule has 220 valence electrons. The molecule has 0 amide bonds. The van der Waals surface area contributed by atoms with Gasteiger partial charge in [0.15, 0.2) is 0 Å². The van der Waals surface area contributed by atoms with Crippen LogP contribution in [0.3, 0.4) is 0 Å². The Kier molecular flexibility index (Phi) is 8.78. The van der Waals surface area contributed by atoms with E-state index in [4.69, 9.17) is 9.62 Å². The Morgan fingerprint density at radius 3 is 2.44 bits per heavy atom. The molecule has 5 rings (SSSR count). The lowest BCUT2D eigenvalue weighted by atomic mass is 9.91. The molecule has 0 spiro atoms. The lowest BCUT2D eigenvalue weighted by molar-refractivity contribution is -0.295. The van der Waals surface area contributed by atoms with Gasteiger partial charge in [0.25, 0.3) is 0 Å². The molecule has 0 N–H and O–H groups in total. The highest BCUT2D eigenvalue weighted by Gasteiger charge is 2.33. The minimum atomic E-state index is -4.54. The molecule has 0 aliphatic carbocycles. The maximum atomic E-state index is 13.9. The predicted molar refractivity (Wildman–Crippen MR) is 158 cm³/mol. The Morgan fingerprint density at radius 2 is 1.67 bits per heavy atom. The van der Waals surface area contributed by atoms with Gasteiger partial charge in [0, 0.05) is 18.5 Å². The molecule has 0 fully saturated rings. The second kappa shape index (κ2) is 12.7. The van der Waals surface area contributed by atoms with Crippen LogP contribution in [-0.4, -0.2) is 11.0 Å². The Balaban J connectivity index is 1.50. The summed E-state index contributed by atoms with van der Waals surface area (Å²) in [6.45, 7) is 5.28. The molecule has 0 aliphatic rings. The van der Waals surface area contributed by atoms with Crippen molar-refractivity contribution in [1.82, 2.24) is 4.98 Å². The van der Waals surface area contributed by atoms with Crippen molar-refractivity contribution in [3.63, 3.8) is 0 Å². The van der Waals surface area contributed by atoms with Crippen LogP contribution in [0, 0.1) is 6.92 Å². The number of carbonyl (C=O) groups excluding carboxylic acids is 1. The number of pyridine rings is 1. The Hall–Kier alpha value is -4.69. The largest absolute Gasteiger partial charge is 0.489 e. The van der Waals surface area contributed by atoms with E-state index in [0.29, 0.717) is 23.1 Å². The van der Waals surface area contributed by atoms with Gasteiger partial charge in [-0.1, -0.05) is 66.7 Å². The van der Waals surface area contributed by atoms with E-state index in [0.717, 1.165) is 39.4 Å². The second-order valence-corrected chi connectivity index (χ2v) is 10.3. The number of alkyl halides is 3. The first kappa shape index (κ1) is 29.8. The summed E-state index contributed by atoms with van der Waals surface area (Å²) in [7, 11) is 0. The van der Waals surface area contributed by atoms with E-state index in [1.807, 2.05) is 79.7 Å². The number of rotatable bonds is 9. The number of aryl methyl sites for hydroxylation is 1. The summed E-state index contributed by atoms with van der Waals surface area (Å²) in [4.78, 5) is 25.2. The predicted octanol–water partition coefficient (Wildman–Crippen LogP) is 8.95. The number of aromatic nitrogens is 1. The summed E-state index contributed by atoms with van der Waals surface area (Å²) >= 11 is 0. The number of carbonyl (C=O) groups is 1. The zero-order valence-corrected chi connectivity index (χ0v) is 23.9. The van der Waals surface area contributed by atoms with Crippen molar-refractivity contribution in [3.8, 4) is 16.9 Å². The molecule has 0 aliphatic heterocycles. The van der Waals surface area contributed by atoms with Crippen LogP contribution in [-0.2, 0) is 33.8 Å². The van der Waals surface area contributed by atoms with Crippen LogP contribution in [0.2, 0.25) is 0 Å². The van der Waals surface area contributed by atoms with E-state index in [2.05, 4.69) is 9.87 Å². The lowest BCUT2D eigenvalue weighted by Crippen LogP contribution is -2.07. The first-order chi connectivity index (χ1) is 20.6. The summed E-state index contributed by atoms with van der Waals surface area (Å²) in [6, 6.07) is 27.0. The van der Waals surface area contributed by atoms with E-state index in [9.17, 15) is 18.0 Å². The average Bonchev–Trinajstić information content (AvgIpc) is 2.99. The second-order valence-electron chi connectivity index (χ2n) is 10.3. The van der Waals surface area contributed by atoms with E-state index in [-0.39, 0.29) is 12.1 Å². The minimum Gasteiger partial charge on any atom is -0.489 e. The number of para-hydroxylation sites is 1. The number of hydrogen-bond acceptors (Lipinski definition) is 5. The molecule has 0 saturated heterocycles. The molecule has 0 bridgehead atoms. The van der Waals surface area contributed by atoms with Gasteiger partial charge in [0.05, 0.1) is 11.1 Å². The van der Waals surface area contributed by atoms with Crippen molar-refractivity contribution in [3.05, 3.63) is 131 Å². The van der Waals surface area contributed by atoms with Gasteiger partial charge in [-0.25, -0.2) is 4.79 Å². The molecule has 4 aromatic carbocycles. The van der Waals surface area contributed by atoms with Crippen LogP contribution >= 0.6 is 0 Å². The van der Waals surface area contributed by atoms with Crippen LogP contribution < -0.4 is 4.74 Å². The monoisotopic (exact) mass is 585 g/mol. The molecule has 0 radical (unpaired) electrons. The zero-order valence-electron chi connectivity index (χ0n) is 23.9. The van der Waals surface area contributed by atoms with Crippen LogP contribution in [0.1, 0.15) is 53.3 Å². The number of hydrogen-bond donors (Lipinski definition) is 0. The zero-order chi connectivity index (χ0) is 30.6. The molecule has 1 unspecified atom stereocenters. The van der Waals surface area contributed by atoms with Gasteiger partial charge in [0.1, 0.15) is 18.5 Å². The van der Waals surface area contributed by atoms with Gasteiger partial charge in [-0.05, 0) is 83.5 Å². The molecule has 1 aromatic heterocycles. The van der Waals surface area contributed by atoms with Gasteiger partial charge in [-0.3, -0.25) is 9.87 Å². The molecule has 0 saturated carbocycles. The Bertz CT molecular complexity index is 1770. The summed E-state index contributed by atoms with van der Waals surface area (Å²) in [5.74, 6) is 0.0239. The number of fused-ring (bicyclic) bond motifs is 1. The third-order valence-electron chi connectivity index (χ3n) is 7.18. The van der Waals surface area contributed by atoms with Crippen LogP contribution in [0.4, 0.5) is 13.2 Å². The standard InChI is InChI=1S/C35H30F3NO4/c1-22-9-4-5-11-26(22)18-29-20-39-34-31(15-8-16-32(34)35(36,37)38)33(29)28-13-7-14-30(19-28)41-21-25-10-6-12-27(17-25)23(2)42-43-24(3)40/h4-17,19-20,23H,18,21H2,1-3H3. The van der Waals surface area contributed by atoms with E-state index in [1.165, 1.54) is 13.0 Å². The van der Waals surface area contributed by atoms with Crippen molar-refractivity contribution < 1.29 is 32.5 Å². The maximum Gasteiger partial charge on any atom is 0.418 e. The lowest BCUT2D eigenvalue weighted by Gasteiger charge is -2.18. The minimum absolute atomic E-state index is 0.0910. The number of nitrogens with zero attached hydrogens (tertiary/aromatic N) is 1. The highest BCUT2D eigenvalue weighted by Crippen LogP contribution is 2.40. The number of halogens is 3. The van der Waals surface area contributed by atoms with Gasteiger partial charge < -0.3 is 4.74 Å². The number of benzene rings is 4. The fraction of sp³-hybridized carbons (Fsp3) is 0.200. The van der Waals surface area contributed by atoms with E-state index in [1.54, 1.807) is 19.2 Å². The van der Waals surface area contributed by atoms with Crippen LogP contribution in [0.25, 0.3) is 22.0 Å². The molecule has 43 heavy (non-hydrogen) atoms. The topological polar surface area (TPSA) is 57.7 Å². The fourth-order valence-electron chi connectivity index (χ4n) is 5.02. The Labute approximate surface area is 247 Å². The van der Waals surface area contributed by atoms with Crippen molar-refractivity contribution in [2.24, 2.45) is 0 Å². The Morgan fingerprint density at radius 1 is 0.907 bits per heavy atom. The van der Waals surface area contributed by atoms with Crippen LogP contribution in [0.15, 0.2) is 97.2 Å². The summed E-state index contributed by atoms with van der Waals surface area (Å²) in [5.41, 5.74) is 5.19. The highest BCUT2D eigenvalue weighted by molar-refractivity contribution is 5.98. The number of ether oxygens (including phenoxy) is 1. The molecule has 8 heteroatoms. The smallest absolute Gasteiger partial charge is 0.418 e. The van der Waals surface area contributed by atoms with Gasteiger partial charge in [0.2, 0.25) is 0 Å². The molecule has 1 atom stereocenters. The van der Waals surface area contributed by atoms with E-state index < -0.39 is 23.8 Å². The molecule has 5 aromatic rings. The summed E-state index contributed by atoms with van der Waals surface area (Å²) in [5, 5.41) is 0.424. The third-order valence-corrected chi connectivity index (χ3v) is 7.18. The van der Waals surface area contributed by atoms with Crippen molar-refractivity contribution >= 4 is 16.9 Å². The fourth-order valence-corrected chi connectivity index (χ4v) is 5.02. The van der Waals surface area contributed by atoms with Gasteiger partial charge in [-0.2, -0.15) is 18.1 Å². The first-order valence-corrected chi connectivity index (χ1v) is 13.8. The molecule has 5 nitrogen and oxygen atoms in total. The van der Waals surface area contributed by atoms with Crippen molar-refractivity contribution in [2.75, 3.05) is 0 Å². The highest BCUT2D eigenvalue weighted by atomic mass is 19.4. The average molecular weight is 586 g/mol. The maximum absolute atomic E-state index is 13.9. The molecular weight excluding hydrogens is 555 g/mol. The normalized spacial score (nSPS) is 12.2. The van der Waals surface area contributed by atoms with E-state index >= 15 is 0 Å². The SMILES string of the molecule is CC(=O)OOC(C)c1cccc(COc2cccc(-c3c(Cc4ccccc4C)cnc4c(C(F)(F)F)cccc34)c2)c1. The quantitative estimate of drug-likeness (QED) is 0.128. The third kappa shape index (κ3) is 7.04. The summed E-state index contributed by atoms with van der Waals surface area (Å²) < 4.78 is 48.0. The van der Waals surface area contributed by atoms with Crippen molar-refractivity contribution in [1.29, 1.82) is 0 Å². The van der Waals surface area contributed by atoms with Crippen molar-refractivity contribution in [2.45, 2.75) is 46.1 Å². The first-order valence-electron chi connectivity index (χ1n) is 13.8. The molecule has 1 heterocycles. The molecular formula is C35H30F3NO4. The van der Waals surface area contributed by atoms with Gasteiger partial charge in [-0.15, -0.1) is 0 Å². The van der Waals surface area contributed by atoms with Gasteiger partial charge >= 0.3 is 12.1 Å².